The highest BCUT2D eigenvalue weighted by atomic mass is 32.3. The number of allylic oxidation sites excluding steroid dienone is 1. The summed E-state index contributed by atoms with van der Waals surface area (Å²) in [4.78, 5) is 1.26. The number of hydrogen-bond acceptors (Lipinski definition) is 2. The van der Waals surface area contributed by atoms with E-state index in [-0.39, 0.29) is 16.5 Å². The molecule has 0 aliphatic carbocycles. The van der Waals surface area contributed by atoms with Crippen LogP contribution in [0.1, 0.15) is 45.7 Å². The summed E-state index contributed by atoms with van der Waals surface area (Å²) in [6, 6.07) is 6.44. The first kappa shape index (κ1) is 14.2. The van der Waals surface area contributed by atoms with Gasteiger partial charge in [-0.3, -0.25) is 8.37 Å². The van der Waals surface area contributed by atoms with E-state index in [4.69, 9.17) is 8.37 Å². The summed E-state index contributed by atoms with van der Waals surface area (Å²) in [7, 11) is -1.54. The van der Waals surface area contributed by atoms with Crippen molar-refractivity contribution in [2.75, 3.05) is 0 Å². The van der Waals surface area contributed by atoms with Crippen molar-refractivity contribution < 1.29 is 8.37 Å². The van der Waals surface area contributed by atoms with Crippen LogP contribution in [0.25, 0.3) is 6.08 Å². The Morgan fingerprint density at radius 2 is 1.90 bits per heavy atom. The lowest BCUT2D eigenvalue weighted by atomic mass is 9.78. The van der Waals surface area contributed by atoms with E-state index in [1.54, 1.807) is 0 Å². The summed E-state index contributed by atoms with van der Waals surface area (Å²) in [6.07, 6.45) is 4.23. The molecule has 2 saturated heterocycles. The van der Waals surface area contributed by atoms with Gasteiger partial charge in [0.05, 0.1) is 10.5 Å². The van der Waals surface area contributed by atoms with Crippen LogP contribution < -0.4 is 0 Å². The van der Waals surface area contributed by atoms with Gasteiger partial charge in [-0.2, -0.15) is 0 Å². The molecule has 0 radical (unpaired) electrons. The van der Waals surface area contributed by atoms with Crippen molar-refractivity contribution in [3.05, 3.63) is 35.4 Å². The zero-order valence-electron chi connectivity index (χ0n) is 13.2. The molecular formula is C17H24O2S. The van der Waals surface area contributed by atoms with Gasteiger partial charge in [0.25, 0.3) is 0 Å². The quantitative estimate of drug-likeness (QED) is 0.698. The zero-order valence-corrected chi connectivity index (χ0v) is 14.0. The van der Waals surface area contributed by atoms with E-state index in [1.807, 2.05) is 6.92 Å². The summed E-state index contributed by atoms with van der Waals surface area (Å²) >= 11 is 0. The van der Waals surface area contributed by atoms with Gasteiger partial charge in [0.2, 0.25) is 0 Å². The van der Waals surface area contributed by atoms with Gasteiger partial charge >= 0.3 is 0 Å². The predicted octanol–water partition coefficient (Wildman–Crippen LogP) is 5.21. The Labute approximate surface area is 123 Å². The van der Waals surface area contributed by atoms with Crippen molar-refractivity contribution in [1.29, 1.82) is 0 Å². The largest absolute Gasteiger partial charge is 0.270 e. The molecule has 2 aliphatic rings. The normalized spacial score (nSPS) is 36.6. The first-order chi connectivity index (χ1) is 9.26. The van der Waals surface area contributed by atoms with Crippen molar-refractivity contribution in [1.82, 2.24) is 0 Å². The maximum atomic E-state index is 6.46. The summed E-state index contributed by atoms with van der Waals surface area (Å²) in [6.45, 7) is 13.1. The zero-order chi connectivity index (χ0) is 14.8. The SMILES string of the molecule is CC=Cc1cccc(S23OC2C(C)(C)C(C)(C)O3)c1C. The molecule has 0 bridgehead atoms. The molecule has 0 spiro atoms. The van der Waals surface area contributed by atoms with Gasteiger partial charge in [-0.25, -0.2) is 0 Å². The Hall–Kier alpha value is -0.770. The van der Waals surface area contributed by atoms with Gasteiger partial charge in [-0.1, -0.05) is 38.1 Å². The molecular weight excluding hydrogens is 268 g/mol. The van der Waals surface area contributed by atoms with E-state index in [0.717, 1.165) is 0 Å². The molecule has 0 aromatic heterocycles. The van der Waals surface area contributed by atoms with Crippen molar-refractivity contribution in [3.63, 3.8) is 0 Å². The van der Waals surface area contributed by atoms with Crippen LogP contribution in [0.15, 0.2) is 29.2 Å². The van der Waals surface area contributed by atoms with Crippen molar-refractivity contribution in [3.8, 4) is 0 Å². The lowest BCUT2D eigenvalue weighted by Crippen LogP contribution is -2.39. The van der Waals surface area contributed by atoms with Crippen LogP contribution in [-0.4, -0.2) is 11.0 Å². The summed E-state index contributed by atoms with van der Waals surface area (Å²) < 4.78 is 12.6. The molecule has 2 heterocycles. The highest BCUT2D eigenvalue weighted by Gasteiger charge is 2.72. The molecule has 3 heteroatoms. The van der Waals surface area contributed by atoms with E-state index in [9.17, 15) is 0 Å². The Morgan fingerprint density at radius 1 is 1.20 bits per heavy atom. The number of fused-ring (bicyclic) bond motifs is 1. The maximum absolute atomic E-state index is 6.46. The minimum Gasteiger partial charge on any atom is -0.270 e. The third-order valence-corrected chi connectivity index (χ3v) is 8.18. The third-order valence-electron chi connectivity index (χ3n) is 4.93. The Bertz CT molecular complexity index is 589. The van der Waals surface area contributed by atoms with Crippen LogP contribution in [-0.2, 0) is 8.37 Å². The molecule has 2 unspecified atom stereocenters. The third kappa shape index (κ3) is 1.66. The maximum Gasteiger partial charge on any atom is 0.183 e. The summed E-state index contributed by atoms with van der Waals surface area (Å²) in [5, 5.41) is 0. The van der Waals surface area contributed by atoms with E-state index in [1.165, 1.54) is 16.0 Å². The molecule has 2 nitrogen and oxygen atoms in total. The second kappa shape index (κ2) is 4.12. The average molecular weight is 292 g/mol. The highest BCUT2D eigenvalue weighted by Crippen LogP contribution is 2.88. The van der Waals surface area contributed by atoms with Crippen LogP contribution in [0.5, 0.6) is 0 Å². The van der Waals surface area contributed by atoms with E-state index >= 15 is 0 Å². The van der Waals surface area contributed by atoms with Gasteiger partial charge in [0, 0.05) is 5.41 Å². The minimum absolute atomic E-state index is 0.0470. The topological polar surface area (TPSA) is 21.8 Å². The lowest BCUT2D eigenvalue weighted by molar-refractivity contribution is -0.0134. The molecule has 3 rings (SSSR count). The van der Waals surface area contributed by atoms with Crippen LogP contribution >= 0.6 is 10.6 Å². The molecule has 110 valence electrons. The monoisotopic (exact) mass is 292 g/mol. The molecule has 2 aliphatic heterocycles. The van der Waals surface area contributed by atoms with Crippen LogP contribution in [0.2, 0.25) is 0 Å². The molecule has 2 atom stereocenters. The van der Waals surface area contributed by atoms with Crippen molar-refractivity contribution in [2.24, 2.45) is 5.41 Å². The number of rotatable bonds is 2. The fourth-order valence-electron chi connectivity index (χ4n) is 2.89. The molecule has 0 amide bonds. The molecule has 1 aromatic rings. The molecule has 20 heavy (non-hydrogen) atoms. The molecule has 0 saturated carbocycles. The van der Waals surface area contributed by atoms with Gasteiger partial charge in [0.1, 0.15) is 0 Å². The first-order valence-corrected chi connectivity index (χ1v) is 8.74. The van der Waals surface area contributed by atoms with Crippen LogP contribution in [0.4, 0.5) is 0 Å². The smallest absolute Gasteiger partial charge is 0.183 e. The number of benzene rings is 1. The molecule has 2 fully saturated rings. The average Bonchev–Trinajstić information content (AvgIpc) is 3.03. The fraction of sp³-hybridized carbons (Fsp3) is 0.529. The standard InChI is InChI=1S/C17H24O2S/c1-7-9-13-10-8-11-14(12(13)2)20-15(18-20)16(3,4)17(5,6)19-20/h7-11,15H,1-6H3. The lowest BCUT2D eigenvalue weighted by Gasteiger charge is -2.35. The van der Waals surface area contributed by atoms with Crippen LogP contribution in [0.3, 0.4) is 0 Å². The highest BCUT2D eigenvalue weighted by molar-refractivity contribution is 8.31. The second-order valence-corrected chi connectivity index (χ2v) is 9.08. The van der Waals surface area contributed by atoms with Gasteiger partial charge in [-0.05, 0) is 44.9 Å². The first-order valence-electron chi connectivity index (χ1n) is 7.20. The fourth-order valence-corrected chi connectivity index (χ4v) is 6.82. The van der Waals surface area contributed by atoms with Crippen molar-refractivity contribution in [2.45, 2.75) is 57.5 Å². The Kier molecular flexibility index (Phi) is 2.92. The second-order valence-electron chi connectivity index (χ2n) is 6.76. The number of hydrogen-bond donors (Lipinski definition) is 0. The van der Waals surface area contributed by atoms with E-state index < -0.39 is 10.6 Å². The van der Waals surface area contributed by atoms with Gasteiger partial charge in [0.15, 0.2) is 5.44 Å². The molecule has 1 aromatic carbocycles. The summed E-state index contributed by atoms with van der Waals surface area (Å²) in [5.74, 6) is 0. The summed E-state index contributed by atoms with van der Waals surface area (Å²) in [5.41, 5.74) is 2.67. The minimum atomic E-state index is -1.54. The Balaban J connectivity index is 2.07. The van der Waals surface area contributed by atoms with E-state index in [2.05, 4.69) is 65.0 Å². The predicted molar refractivity (Wildman–Crippen MR) is 85.6 cm³/mol. The van der Waals surface area contributed by atoms with Crippen LogP contribution in [0, 0.1) is 12.3 Å². The Morgan fingerprint density at radius 3 is 2.45 bits per heavy atom. The van der Waals surface area contributed by atoms with Crippen molar-refractivity contribution >= 4 is 16.7 Å². The van der Waals surface area contributed by atoms with Gasteiger partial charge in [-0.15, -0.1) is 10.6 Å². The molecule has 0 N–H and O–H groups in total. The van der Waals surface area contributed by atoms with Gasteiger partial charge < -0.3 is 0 Å². The van der Waals surface area contributed by atoms with E-state index in [0.29, 0.717) is 0 Å².